The fraction of sp³-hybridized carbons (Fsp3) is 0.105. The average molecular weight is 332 g/mol. The van der Waals surface area contributed by atoms with Gasteiger partial charge in [-0.05, 0) is 31.2 Å². The Bertz CT molecular complexity index is 1140. The molecule has 124 valence electrons. The van der Waals surface area contributed by atoms with E-state index >= 15 is 0 Å². The first kappa shape index (κ1) is 15.1. The first-order valence-corrected chi connectivity index (χ1v) is 7.96. The van der Waals surface area contributed by atoms with Crippen LogP contribution in [-0.4, -0.2) is 20.1 Å². The molecule has 0 fully saturated rings. The van der Waals surface area contributed by atoms with E-state index in [1.807, 2.05) is 43.3 Å². The molecule has 0 bridgehead atoms. The zero-order valence-electron chi connectivity index (χ0n) is 13.6. The Morgan fingerprint density at radius 2 is 1.80 bits per heavy atom. The van der Waals surface area contributed by atoms with Crippen molar-refractivity contribution < 1.29 is 4.79 Å². The minimum absolute atomic E-state index is 0.0762. The van der Waals surface area contributed by atoms with Crippen molar-refractivity contribution in [3.8, 4) is 0 Å². The quantitative estimate of drug-likeness (QED) is 0.627. The maximum absolute atomic E-state index is 12.9. The highest BCUT2D eigenvalue weighted by atomic mass is 16.2. The number of aromatic nitrogens is 3. The molecule has 1 amide bonds. The van der Waals surface area contributed by atoms with Crippen molar-refractivity contribution in [2.75, 3.05) is 5.32 Å². The molecule has 4 rings (SSSR count). The summed E-state index contributed by atoms with van der Waals surface area (Å²) >= 11 is 0. The Morgan fingerprint density at radius 1 is 1.08 bits per heavy atom. The van der Waals surface area contributed by atoms with Crippen LogP contribution in [0.4, 0.5) is 5.69 Å². The number of nitrogens with zero attached hydrogens (tertiary/aromatic N) is 3. The Kier molecular flexibility index (Phi) is 3.57. The van der Waals surface area contributed by atoms with E-state index in [1.54, 1.807) is 28.8 Å². The molecule has 2 aromatic heterocycles. The Labute approximate surface area is 143 Å². The van der Waals surface area contributed by atoms with Crippen LogP contribution in [0.3, 0.4) is 0 Å². The van der Waals surface area contributed by atoms with Crippen molar-refractivity contribution in [3.05, 3.63) is 76.7 Å². The predicted octanol–water partition coefficient (Wildman–Crippen LogP) is 2.60. The van der Waals surface area contributed by atoms with Crippen LogP contribution in [0.5, 0.6) is 0 Å². The van der Waals surface area contributed by atoms with Gasteiger partial charge < -0.3 is 5.32 Å². The Balaban J connectivity index is 1.81. The van der Waals surface area contributed by atoms with E-state index in [4.69, 9.17) is 0 Å². The number of para-hydroxylation sites is 2. The molecule has 25 heavy (non-hydrogen) atoms. The van der Waals surface area contributed by atoms with Gasteiger partial charge in [0.2, 0.25) is 5.91 Å². The summed E-state index contributed by atoms with van der Waals surface area (Å²) in [5, 5.41) is 7.80. The summed E-state index contributed by atoms with van der Waals surface area (Å²) in [6, 6.07) is 18.3. The fourth-order valence-corrected chi connectivity index (χ4v) is 2.96. The van der Waals surface area contributed by atoms with E-state index < -0.39 is 0 Å². The number of amides is 1. The van der Waals surface area contributed by atoms with Gasteiger partial charge in [0.15, 0.2) is 0 Å². The summed E-state index contributed by atoms with van der Waals surface area (Å²) in [5.74, 6) is -0.260. The molecular formula is C19H16N4O2. The average Bonchev–Trinajstić information content (AvgIpc) is 3.01. The molecule has 0 aliphatic heterocycles. The summed E-state index contributed by atoms with van der Waals surface area (Å²) in [5.41, 5.74) is 2.61. The van der Waals surface area contributed by atoms with Gasteiger partial charge in [0.1, 0.15) is 12.2 Å². The van der Waals surface area contributed by atoms with Gasteiger partial charge in [-0.25, -0.2) is 4.52 Å². The monoisotopic (exact) mass is 332 g/mol. The molecule has 0 radical (unpaired) electrons. The van der Waals surface area contributed by atoms with Crippen LogP contribution >= 0.6 is 0 Å². The second kappa shape index (κ2) is 5.90. The van der Waals surface area contributed by atoms with E-state index in [-0.39, 0.29) is 18.0 Å². The topological polar surface area (TPSA) is 68.4 Å². The standard InChI is InChI=1S/C19H16N4O2/c1-13-11-18-22(12-17(24)20-14-7-3-2-4-8-14)19(25)15-9-5-6-10-16(15)23(18)21-13/h2-11H,12H2,1H3,(H,20,24). The van der Waals surface area contributed by atoms with Gasteiger partial charge in [0, 0.05) is 11.8 Å². The largest absolute Gasteiger partial charge is 0.325 e. The molecule has 0 saturated heterocycles. The molecule has 0 aliphatic carbocycles. The Morgan fingerprint density at radius 3 is 2.60 bits per heavy atom. The molecular weight excluding hydrogens is 316 g/mol. The third-order valence-electron chi connectivity index (χ3n) is 4.06. The SMILES string of the molecule is Cc1cc2n(CC(=O)Nc3ccccc3)c(=O)c3ccccc3n2n1. The molecule has 4 aromatic rings. The van der Waals surface area contributed by atoms with Gasteiger partial charge in [-0.2, -0.15) is 5.10 Å². The van der Waals surface area contributed by atoms with Gasteiger partial charge in [0.05, 0.1) is 16.6 Å². The maximum atomic E-state index is 12.9. The van der Waals surface area contributed by atoms with E-state index in [9.17, 15) is 9.59 Å². The number of aryl methyl sites for hydroxylation is 1. The Hall–Kier alpha value is -3.41. The minimum atomic E-state index is -0.260. The van der Waals surface area contributed by atoms with E-state index in [0.717, 1.165) is 11.2 Å². The molecule has 1 N–H and O–H groups in total. The lowest BCUT2D eigenvalue weighted by atomic mass is 10.2. The number of nitrogens with one attached hydrogen (secondary N) is 1. The number of rotatable bonds is 3. The normalized spacial score (nSPS) is 11.1. The van der Waals surface area contributed by atoms with E-state index in [2.05, 4.69) is 10.4 Å². The zero-order valence-corrected chi connectivity index (χ0v) is 13.6. The number of hydrogen-bond donors (Lipinski definition) is 1. The van der Waals surface area contributed by atoms with Crippen molar-refractivity contribution in [3.63, 3.8) is 0 Å². The lowest BCUT2D eigenvalue weighted by Crippen LogP contribution is -2.29. The molecule has 2 aromatic carbocycles. The number of anilines is 1. The van der Waals surface area contributed by atoms with Gasteiger partial charge in [-0.15, -0.1) is 0 Å². The van der Waals surface area contributed by atoms with Gasteiger partial charge in [0.25, 0.3) is 5.56 Å². The smallest absolute Gasteiger partial charge is 0.262 e. The number of hydrogen-bond acceptors (Lipinski definition) is 3. The van der Waals surface area contributed by atoms with Crippen LogP contribution in [0.15, 0.2) is 65.5 Å². The highest BCUT2D eigenvalue weighted by Gasteiger charge is 2.15. The number of fused-ring (bicyclic) bond motifs is 3. The lowest BCUT2D eigenvalue weighted by Gasteiger charge is -2.11. The third-order valence-corrected chi connectivity index (χ3v) is 4.06. The molecule has 6 heteroatoms. The molecule has 0 spiro atoms. The first-order chi connectivity index (χ1) is 12.1. The van der Waals surface area contributed by atoms with Crippen LogP contribution in [0.1, 0.15) is 5.69 Å². The number of carbonyl (C=O) groups excluding carboxylic acids is 1. The summed E-state index contributed by atoms with van der Waals surface area (Å²) in [4.78, 5) is 25.3. The maximum Gasteiger partial charge on any atom is 0.262 e. The van der Waals surface area contributed by atoms with Crippen LogP contribution in [-0.2, 0) is 11.3 Å². The molecule has 2 heterocycles. The second-order valence-electron chi connectivity index (χ2n) is 5.88. The van der Waals surface area contributed by atoms with Crippen LogP contribution in [0.25, 0.3) is 16.6 Å². The number of carbonyl (C=O) groups is 1. The van der Waals surface area contributed by atoms with Gasteiger partial charge in [-0.1, -0.05) is 30.3 Å². The molecule has 0 atom stereocenters. The molecule has 6 nitrogen and oxygen atoms in total. The summed E-state index contributed by atoms with van der Waals surface area (Å²) in [6.45, 7) is 1.79. The minimum Gasteiger partial charge on any atom is -0.325 e. The van der Waals surface area contributed by atoms with Gasteiger partial charge >= 0.3 is 0 Å². The first-order valence-electron chi connectivity index (χ1n) is 7.96. The highest BCUT2D eigenvalue weighted by Crippen LogP contribution is 2.14. The van der Waals surface area contributed by atoms with Crippen molar-refractivity contribution >= 4 is 28.1 Å². The summed E-state index contributed by atoms with van der Waals surface area (Å²) in [6.07, 6.45) is 0. The van der Waals surface area contributed by atoms with Crippen LogP contribution in [0.2, 0.25) is 0 Å². The zero-order chi connectivity index (χ0) is 17.4. The molecule has 0 saturated carbocycles. The van der Waals surface area contributed by atoms with Crippen molar-refractivity contribution in [2.24, 2.45) is 0 Å². The predicted molar refractivity (Wildman–Crippen MR) is 96.8 cm³/mol. The van der Waals surface area contributed by atoms with Crippen molar-refractivity contribution in [1.29, 1.82) is 0 Å². The highest BCUT2D eigenvalue weighted by molar-refractivity contribution is 5.91. The van der Waals surface area contributed by atoms with Crippen molar-refractivity contribution in [2.45, 2.75) is 13.5 Å². The van der Waals surface area contributed by atoms with E-state index in [1.165, 1.54) is 4.57 Å². The second-order valence-corrected chi connectivity index (χ2v) is 5.88. The van der Waals surface area contributed by atoms with Crippen LogP contribution in [0, 0.1) is 6.92 Å². The molecule has 0 aliphatic rings. The lowest BCUT2D eigenvalue weighted by molar-refractivity contribution is -0.116. The van der Waals surface area contributed by atoms with Crippen molar-refractivity contribution in [1.82, 2.24) is 14.2 Å². The van der Waals surface area contributed by atoms with Crippen LogP contribution < -0.4 is 10.9 Å². The summed E-state index contributed by atoms with van der Waals surface area (Å²) in [7, 11) is 0. The summed E-state index contributed by atoms with van der Waals surface area (Å²) < 4.78 is 3.17. The molecule has 0 unspecified atom stereocenters. The van der Waals surface area contributed by atoms with E-state index in [0.29, 0.717) is 16.7 Å². The number of benzene rings is 2. The van der Waals surface area contributed by atoms with Gasteiger partial charge in [-0.3, -0.25) is 14.2 Å². The fourth-order valence-electron chi connectivity index (χ4n) is 2.96. The third kappa shape index (κ3) is 2.67.